The Balaban J connectivity index is 0.920. The van der Waals surface area contributed by atoms with Crippen LogP contribution in [0.4, 0.5) is 13.2 Å². The van der Waals surface area contributed by atoms with Gasteiger partial charge in [0.25, 0.3) is 0 Å². The highest BCUT2D eigenvalue weighted by atomic mass is 35.5. The van der Waals surface area contributed by atoms with Crippen molar-refractivity contribution < 1.29 is 32.2 Å². The van der Waals surface area contributed by atoms with Crippen LogP contribution in [-0.2, 0) is 30.5 Å². The molecular formula is C45H45ClF3N3O4. The van der Waals surface area contributed by atoms with E-state index in [0.29, 0.717) is 47.7 Å². The molecule has 1 aliphatic rings. The van der Waals surface area contributed by atoms with Crippen molar-refractivity contribution >= 4 is 23.6 Å². The van der Waals surface area contributed by atoms with Crippen LogP contribution in [0, 0.1) is 6.92 Å². The molecule has 0 radical (unpaired) electrons. The largest absolute Gasteiger partial charge is 0.493 e. The number of benzene rings is 4. The van der Waals surface area contributed by atoms with Crippen LogP contribution in [0.3, 0.4) is 0 Å². The minimum absolute atomic E-state index is 0.0500. The molecule has 1 aromatic heterocycles. The lowest BCUT2D eigenvalue weighted by Gasteiger charge is -2.34. The third-order valence-electron chi connectivity index (χ3n) is 9.59. The van der Waals surface area contributed by atoms with Gasteiger partial charge in [0.2, 0.25) is 11.8 Å². The molecule has 1 amide bonds. The molecule has 0 spiro atoms. The van der Waals surface area contributed by atoms with Gasteiger partial charge in [0.15, 0.2) is 5.75 Å². The van der Waals surface area contributed by atoms with E-state index in [-0.39, 0.29) is 18.4 Å². The molecule has 2 heterocycles. The molecule has 292 valence electrons. The molecule has 7 nitrogen and oxygen atoms in total. The van der Waals surface area contributed by atoms with Gasteiger partial charge >= 0.3 is 6.18 Å². The van der Waals surface area contributed by atoms with E-state index in [2.05, 4.69) is 60.1 Å². The molecular weight excluding hydrogens is 739 g/mol. The Bertz CT molecular complexity index is 2060. The lowest BCUT2D eigenvalue weighted by atomic mass is 10.0. The highest BCUT2D eigenvalue weighted by molar-refractivity contribution is 6.32. The number of carbonyl (C=O) groups excluding carboxylic acids is 1. The number of nitrogens with zero attached hydrogens (tertiary/aromatic N) is 3. The lowest BCUT2D eigenvalue weighted by Crippen LogP contribution is -2.47. The number of halogens is 4. The third kappa shape index (κ3) is 11.4. The quantitative estimate of drug-likeness (QED) is 0.105. The van der Waals surface area contributed by atoms with Gasteiger partial charge in [-0.15, -0.1) is 0 Å². The van der Waals surface area contributed by atoms with E-state index in [0.717, 1.165) is 55.1 Å². The van der Waals surface area contributed by atoms with Gasteiger partial charge in [0.05, 0.1) is 23.4 Å². The smallest absolute Gasteiger partial charge is 0.416 e. The number of aryl methyl sites for hydroxylation is 1. The van der Waals surface area contributed by atoms with E-state index in [1.165, 1.54) is 35.0 Å². The summed E-state index contributed by atoms with van der Waals surface area (Å²) in [5.41, 5.74) is 5.20. The number of hydrogen-bond acceptors (Lipinski definition) is 6. The van der Waals surface area contributed by atoms with E-state index in [1.54, 1.807) is 30.4 Å². The molecule has 0 N–H and O–H groups in total. The summed E-state index contributed by atoms with van der Waals surface area (Å²) in [6.45, 7) is 10.7. The number of piperazine rings is 1. The maximum atomic E-state index is 13.1. The summed E-state index contributed by atoms with van der Waals surface area (Å²) < 4.78 is 56.0. The summed E-state index contributed by atoms with van der Waals surface area (Å²) in [5, 5.41) is 0.365. The normalized spacial score (nSPS) is 13.7. The first-order chi connectivity index (χ1) is 26.9. The average Bonchev–Trinajstić information content (AvgIpc) is 3.19. The van der Waals surface area contributed by atoms with E-state index in [1.807, 2.05) is 30.0 Å². The Morgan fingerprint density at radius 1 is 0.839 bits per heavy atom. The zero-order valence-corrected chi connectivity index (χ0v) is 32.4. The average molecular weight is 784 g/mol. The first-order valence-electron chi connectivity index (χ1n) is 18.6. The molecule has 1 aliphatic heterocycles. The topological polar surface area (TPSA) is 64.1 Å². The van der Waals surface area contributed by atoms with Gasteiger partial charge in [-0.1, -0.05) is 74.0 Å². The Kier molecular flexibility index (Phi) is 13.4. The zero-order chi connectivity index (χ0) is 39.7. The molecule has 1 saturated heterocycles. The molecule has 0 aliphatic carbocycles. The van der Waals surface area contributed by atoms with Gasteiger partial charge in [-0.05, 0) is 94.8 Å². The fourth-order valence-electron chi connectivity index (χ4n) is 6.26. The van der Waals surface area contributed by atoms with Crippen LogP contribution in [0.1, 0.15) is 58.7 Å². The number of aromatic nitrogens is 1. The monoisotopic (exact) mass is 783 g/mol. The van der Waals surface area contributed by atoms with Crippen LogP contribution in [0.5, 0.6) is 23.1 Å². The van der Waals surface area contributed by atoms with Crippen LogP contribution in [0.25, 0.3) is 6.08 Å². The first kappa shape index (κ1) is 40.3. The summed E-state index contributed by atoms with van der Waals surface area (Å²) in [5.74, 6) is 2.50. The van der Waals surface area contributed by atoms with Crippen molar-refractivity contribution in [2.75, 3.05) is 32.8 Å². The second-order valence-electron chi connectivity index (χ2n) is 14.1. The van der Waals surface area contributed by atoms with Crippen LogP contribution >= 0.6 is 11.6 Å². The van der Waals surface area contributed by atoms with Crippen LogP contribution in [-0.4, -0.2) is 53.5 Å². The first-order valence-corrected chi connectivity index (χ1v) is 19.0. The standard InChI is InChI=1S/C45H45ClF3N3O4/c1-31(2)37-11-15-39(16-12-37)54-25-20-33-4-6-34(7-5-33)29-51-21-23-52(24-22-51)43(53)19-10-36-26-32(3)44(41(46)27-36)56-42-18-17-40(28-50-42)55-30-35-8-13-38(14-9-35)45(47,48)49/h4-19,26-28,31H,20-25,29-30H2,1-3H3. The van der Waals surface area contributed by atoms with Crippen molar-refractivity contribution in [3.8, 4) is 23.1 Å². The summed E-state index contributed by atoms with van der Waals surface area (Å²) >= 11 is 6.60. The Morgan fingerprint density at radius 2 is 1.50 bits per heavy atom. The van der Waals surface area contributed by atoms with Crippen molar-refractivity contribution in [1.82, 2.24) is 14.8 Å². The van der Waals surface area contributed by atoms with Crippen LogP contribution in [0.2, 0.25) is 5.02 Å². The van der Waals surface area contributed by atoms with Crippen molar-refractivity contribution in [3.05, 3.63) is 153 Å². The predicted molar refractivity (Wildman–Crippen MR) is 213 cm³/mol. The summed E-state index contributed by atoms with van der Waals surface area (Å²) in [4.78, 5) is 21.6. The van der Waals surface area contributed by atoms with Crippen molar-refractivity contribution in [2.24, 2.45) is 0 Å². The third-order valence-corrected chi connectivity index (χ3v) is 9.87. The van der Waals surface area contributed by atoms with E-state index < -0.39 is 11.7 Å². The fraction of sp³-hybridized carbons (Fsp3) is 0.289. The minimum atomic E-state index is -4.39. The molecule has 0 bridgehead atoms. The molecule has 0 atom stereocenters. The van der Waals surface area contributed by atoms with Crippen molar-refractivity contribution in [2.45, 2.75) is 52.4 Å². The van der Waals surface area contributed by atoms with E-state index in [4.69, 9.17) is 25.8 Å². The van der Waals surface area contributed by atoms with Gasteiger partial charge in [-0.2, -0.15) is 13.2 Å². The van der Waals surface area contributed by atoms with Gasteiger partial charge in [-0.25, -0.2) is 4.98 Å². The number of amides is 1. The molecule has 1 fully saturated rings. The van der Waals surface area contributed by atoms with Crippen LogP contribution in [0.15, 0.2) is 109 Å². The number of rotatable bonds is 14. The Hall–Kier alpha value is -5.32. The highest BCUT2D eigenvalue weighted by Gasteiger charge is 2.30. The maximum absolute atomic E-state index is 13.1. The van der Waals surface area contributed by atoms with Gasteiger partial charge in [0.1, 0.15) is 18.1 Å². The summed E-state index contributed by atoms with van der Waals surface area (Å²) in [6, 6.07) is 28.7. The molecule has 5 aromatic rings. The molecule has 4 aromatic carbocycles. The van der Waals surface area contributed by atoms with Gasteiger partial charge < -0.3 is 19.1 Å². The summed E-state index contributed by atoms with van der Waals surface area (Å²) in [6.07, 6.45) is 1.26. The summed E-state index contributed by atoms with van der Waals surface area (Å²) in [7, 11) is 0. The lowest BCUT2D eigenvalue weighted by molar-refractivity contribution is -0.137. The molecule has 56 heavy (non-hydrogen) atoms. The maximum Gasteiger partial charge on any atom is 0.416 e. The number of alkyl halides is 3. The molecule has 0 saturated carbocycles. The predicted octanol–water partition coefficient (Wildman–Crippen LogP) is 10.5. The number of carbonyl (C=O) groups is 1. The van der Waals surface area contributed by atoms with Gasteiger partial charge in [-0.3, -0.25) is 9.69 Å². The van der Waals surface area contributed by atoms with Crippen LogP contribution < -0.4 is 14.2 Å². The molecule has 6 rings (SSSR count). The fourth-order valence-corrected chi connectivity index (χ4v) is 6.57. The highest BCUT2D eigenvalue weighted by Crippen LogP contribution is 2.34. The second-order valence-corrected chi connectivity index (χ2v) is 14.5. The number of ether oxygens (including phenoxy) is 3. The Morgan fingerprint density at radius 3 is 2.12 bits per heavy atom. The number of hydrogen-bond donors (Lipinski definition) is 0. The zero-order valence-electron chi connectivity index (χ0n) is 31.7. The van der Waals surface area contributed by atoms with Gasteiger partial charge in [0, 0.05) is 51.3 Å². The SMILES string of the molecule is Cc1cc(C=CC(=O)N2CCN(Cc3ccc(CCOc4ccc(C(C)C)cc4)cc3)CC2)cc(Cl)c1Oc1ccc(OCc2ccc(C(F)(F)F)cc2)cn1. The Labute approximate surface area is 331 Å². The van der Waals surface area contributed by atoms with E-state index >= 15 is 0 Å². The number of pyridine rings is 1. The molecule has 11 heteroatoms. The second kappa shape index (κ2) is 18.5. The van der Waals surface area contributed by atoms with Crippen molar-refractivity contribution in [3.63, 3.8) is 0 Å². The minimum Gasteiger partial charge on any atom is -0.493 e. The molecule has 0 unspecified atom stereocenters. The van der Waals surface area contributed by atoms with Crippen molar-refractivity contribution in [1.29, 1.82) is 0 Å². The van der Waals surface area contributed by atoms with E-state index in [9.17, 15) is 18.0 Å².